The molecular formula is C15H21NO2. The van der Waals surface area contributed by atoms with Crippen molar-refractivity contribution in [2.45, 2.75) is 45.3 Å². The highest BCUT2D eigenvalue weighted by molar-refractivity contribution is 5.67. The van der Waals surface area contributed by atoms with E-state index in [0.29, 0.717) is 12.5 Å². The van der Waals surface area contributed by atoms with Crippen molar-refractivity contribution in [1.82, 2.24) is 5.32 Å². The molecule has 18 heavy (non-hydrogen) atoms. The lowest BCUT2D eigenvalue weighted by Gasteiger charge is -2.29. The first-order chi connectivity index (χ1) is 8.75. The molecule has 1 saturated carbocycles. The van der Waals surface area contributed by atoms with Gasteiger partial charge in [0.1, 0.15) is 6.61 Å². The summed E-state index contributed by atoms with van der Waals surface area (Å²) in [6.45, 7) is 2.54. The molecule has 3 nitrogen and oxygen atoms in total. The fraction of sp³-hybridized carbons (Fsp3) is 0.533. The average molecular weight is 247 g/mol. The van der Waals surface area contributed by atoms with Crippen LogP contribution in [-0.4, -0.2) is 12.1 Å². The Hall–Kier alpha value is -1.51. The molecule has 0 heterocycles. The molecular weight excluding hydrogens is 226 g/mol. The number of carbonyl (C=O) groups is 1. The van der Waals surface area contributed by atoms with Gasteiger partial charge >= 0.3 is 6.09 Å². The van der Waals surface area contributed by atoms with E-state index in [-0.39, 0.29) is 12.1 Å². The monoisotopic (exact) mass is 247 g/mol. The lowest BCUT2D eigenvalue weighted by molar-refractivity contribution is 0.128. The Morgan fingerprint density at radius 2 is 2.00 bits per heavy atom. The number of amides is 1. The van der Waals surface area contributed by atoms with Crippen LogP contribution in [0.1, 0.15) is 38.2 Å². The molecule has 1 amide bonds. The third-order valence-electron chi connectivity index (χ3n) is 3.63. The van der Waals surface area contributed by atoms with Crippen LogP contribution in [0.3, 0.4) is 0 Å². The number of hydrogen-bond donors (Lipinski definition) is 1. The number of benzene rings is 1. The second-order valence-corrected chi connectivity index (χ2v) is 5.07. The van der Waals surface area contributed by atoms with Crippen LogP contribution in [-0.2, 0) is 11.3 Å². The summed E-state index contributed by atoms with van der Waals surface area (Å²) in [5, 5.41) is 2.98. The molecule has 0 aromatic heterocycles. The van der Waals surface area contributed by atoms with E-state index in [4.69, 9.17) is 4.74 Å². The van der Waals surface area contributed by atoms with Gasteiger partial charge in [-0.2, -0.15) is 0 Å². The van der Waals surface area contributed by atoms with E-state index in [9.17, 15) is 4.79 Å². The van der Waals surface area contributed by atoms with E-state index in [0.717, 1.165) is 12.0 Å². The number of alkyl carbamates (subject to hydrolysis) is 1. The second kappa shape index (κ2) is 6.43. The summed E-state index contributed by atoms with van der Waals surface area (Å²) in [4.78, 5) is 11.7. The van der Waals surface area contributed by atoms with Crippen molar-refractivity contribution in [1.29, 1.82) is 0 Å². The molecule has 0 saturated heterocycles. The van der Waals surface area contributed by atoms with E-state index in [1.54, 1.807) is 0 Å². The quantitative estimate of drug-likeness (QED) is 0.888. The van der Waals surface area contributed by atoms with E-state index in [2.05, 4.69) is 12.2 Å². The van der Waals surface area contributed by atoms with Crippen molar-refractivity contribution < 1.29 is 9.53 Å². The zero-order valence-electron chi connectivity index (χ0n) is 10.9. The van der Waals surface area contributed by atoms with Crippen LogP contribution in [0.5, 0.6) is 0 Å². The molecule has 2 atom stereocenters. The Kier molecular flexibility index (Phi) is 4.62. The Bertz CT molecular complexity index is 377. The highest BCUT2D eigenvalue weighted by atomic mass is 16.5. The van der Waals surface area contributed by atoms with Crippen molar-refractivity contribution in [3.05, 3.63) is 35.9 Å². The molecule has 1 N–H and O–H groups in total. The Morgan fingerprint density at radius 3 is 2.72 bits per heavy atom. The second-order valence-electron chi connectivity index (χ2n) is 5.07. The molecule has 2 unspecified atom stereocenters. The van der Waals surface area contributed by atoms with Gasteiger partial charge in [-0.05, 0) is 24.3 Å². The Labute approximate surface area is 109 Å². The summed E-state index contributed by atoms with van der Waals surface area (Å²) in [5.74, 6) is 0.558. The largest absolute Gasteiger partial charge is 0.445 e. The van der Waals surface area contributed by atoms with E-state index < -0.39 is 0 Å². The summed E-state index contributed by atoms with van der Waals surface area (Å²) in [7, 11) is 0. The number of ether oxygens (including phenoxy) is 1. The van der Waals surface area contributed by atoms with Crippen molar-refractivity contribution >= 4 is 6.09 Å². The van der Waals surface area contributed by atoms with Crippen molar-refractivity contribution in [3.63, 3.8) is 0 Å². The zero-order valence-corrected chi connectivity index (χ0v) is 10.9. The third-order valence-corrected chi connectivity index (χ3v) is 3.63. The van der Waals surface area contributed by atoms with Gasteiger partial charge in [0.15, 0.2) is 0 Å². The maximum absolute atomic E-state index is 11.7. The minimum Gasteiger partial charge on any atom is -0.445 e. The van der Waals surface area contributed by atoms with E-state index >= 15 is 0 Å². The SMILES string of the molecule is CC1CCCCC1NC(=O)OCc1ccccc1. The first-order valence-corrected chi connectivity index (χ1v) is 6.73. The van der Waals surface area contributed by atoms with E-state index in [1.165, 1.54) is 19.3 Å². The molecule has 1 aromatic rings. The molecule has 2 rings (SSSR count). The fourth-order valence-electron chi connectivity index (χ4n) is 2.45. The van der Waals surface area contributed by atoms with Crippen LogP contribution in [0, 0.1) is 5.92 Å². The van der Waals surface area contributed by atoms with E-state index in [1.807, 2.05) is 30.3 Å². The maximum atomic E-state index is 11.7. The molecule has 0 aliphatic heterocycles. The summed E-state index contributed by atoms with van der Waals surface area (Å²) in [6.07, 6.45) is 4.45. The van der Waals surface area contributed by atoms with Crippen LogP contribution >= 0.6 is 0 Å². The summed E-state index contributed by atoms with van der Waals surface area (Å²) in [6, 6.07) is 10.0. The van der Waals surface area contributed by atoms with Gasteiger partial charge in [0.05, 0.1) is 0 Å². The van der Waals surface area contributed by atoms with Crippen molar-refractivity contribution in [3.8, 4) is 0 Å². The molecule has 0 spiro atoms. The maximum Gasteiger partial charge on any atom is 0.407 e. The Morgan fingerprint density at radius 1 is 1.28 bits per heavy atom. The molecule has 1 fully saturated rings. The lowest BCUT2D eigenvalue weighted by atomic mass is 9.86. The average Bonchev–Trinajstić information content (AvgIpc) is 2.40. The van der Waals surface area contributed by atoms with Gasteiger partial charge in [0.2, 0.25) is 0 Å². The smallest absolute Gasteiger partial charge is 0.407 e. The molecule has 1 aromatic carbocycles. The molecule has 1 aliphatic carbocycles. The van der Waals surface area contributed by atoms with Gasteiger partial charge in [-0.1, -0.05) is 50.1 Å². The van der Waals surface area contributed by atoms with Crippen molar-refractivity contribution in [2.24, 2.45) is 5.92 Å². The van der Waals surface area contributed by atoms with Crippen molar-refractivity contribution in [2.75, 3.05) is 0 Å². The number of nitrogens with one attached hydrogen (secondary N) is 1. The van der Waals surface area contributed by atoms with Crippen LogP contribution in [0.2, 0.25) is 0 Å². The lowest BCUT2D eigenvalue weighted by Crippen LogP contribution is -2.41. The van der Waals surface area contributed by atoms with Gasteiger partial charge in [0.25, 0.3) is 0 Å². The fourth-order valence-corrected chi connectivity index (χ4v) is 2.45. The van der Waals surface area contributed by atoms with Crippen LogP contribution in [0.25, 0.3) is 0 Å². The molecule has 0 bridgehead atoms. The molecule has 3 heteroatoms. The summed E-state index contributed by atoms with van der Waals surface area (Å²) < 4.78 is 5.23. The summed E-state index contributed by atoms with van der Waals surface area (Å²) in [5.41, 5.74) is 1.02. The Balaban J connectivity index is 1.75. The molecule has 1 aliphatic rings. The minimum absolute atomic E-state index is 0.280. The molecule has 0 radical (unpaired) electrons. The van der Waals surface area contributed by atoms with Crippen LogP contribution in [0.15, 0.2) is 30.3 Å². The number of carbonyl (C=O) groups excluding carboxylic acids is 1. The topological polar surface area (TPSA) is 38.3 Å². The number of hydrogen-bond acceptors (Lipinski definition) is 2. The number of rotatable bonds is 3. The minimum atomic E-state index is -0.294. The summed E-state index contributed by atoms with van der Waals surface area (Å²) >= 11 is 0. The first kappa shape index (κ1) is 12.9. The first-order valence-electron chi connectivity index (χ1n) is 6.73. The highest BCUT2D eigenvalue weighted by Crippen LogP contribution is 2.23. The predicted octanol–water partition coefficient (Wildman–Crippen LogP) is 3.49. The van der Waals surface area contributed by atoms with Gasteiger partial charge in [-0.3, -0.25) is 0 Å². The third kappa shape index (κ3) is 3.76. The van der Waals surface area contributed by atoms with Gasteiger partial charge < -0.3 is 10.1 Å². The van der Waals surface area contributed by atoms with Gasteiger partial charge in [-0.15, -0.1) is 0 Å². The highest BCUT2D eigenvalue weighted by Gasteiger charge is 2.23. The van der Waals surface area contributed by atoms with Crippen LogP contribution in [0.4, 0.5) is 4.79 Å². The van der Waals surface area contributed by atoms with Gasteiger partial charge in [-0.25, -0.2) is 4.79 Å². The predicted molar refractivity (Wildman–Crippen MR) is 71.2 cm³/mol. The van der Waals surface area contributed by atoms with Crippen LogP contribution < -0.4 is 5.32 Å². The molecule has 98 valence electrons. The standard InChI is InChI=1S/C15H21NO2/c1-12-7-5-6-10-14(12)16-15(17)18-11-13-8-3-2-4-9-13/h2-4,8-9,12,14H,5-7,10-11H2,1H3,(H,16,17). The normalized spacial score (nSPS) is 23.4. The zero-order chi connectivity index (χ0) is 12.8. The van der Waals surface area contributed by atoms with Gasteiger partial charge in [0, 0.05) is 6.04 Å².